The van der Waals surface area contributed by atoms with Gasteiger partial charge in [-0.2, -0.15) is 10.2 Å². The summed E-state index contributed by atoms with van der Waals surface area (Å²) in [5.74, 6) is 6.13. The van der Waals surface area contributed by atoms with Crippen LogP contribution in [-0.2, 0) is 0 Å². The van der Waals surface area contributed by atoms with E-state index in [4.69, 9.17) is 5.84 Å². The lowest BCUT2D eigenvalue weighted by molar-refractivity contribution is 0.470. The molecule has 0 atom stereocenters. The van der Waals surface area contributed by atoms with Crippen LogP contribution in [0.25, 0.3) is 0 Å². The Hall–Kier alpha value is -2.07. The lowest BCUT2D eigenvalue weighted by Gasteiger charge is -2.17. The van der Waals surface area contributed by atoms with Gasteiger partial charge in [0.1, 0.15) is 11.4 Å². The summed E-state index contributed by atoms with van der Waals surface area (Å²) >= 11 is 0. The molecule has 23 heavy (non-hydrogen) atoms. The molecule has 0 aliphatic heterocycles. The van der Waals surface area contributed by atoms with Crippen LogP contribution in [0.3, 0.4) is 0 Å². The van der Waals surface area contributed by atoms with Crippen molar-refractivity contribution in [3.05, 3.63) is 47.6 Å². The molecule has 0 unspecified atom stereocenters. The van der Waals surface area contributed by atoms with Gasteiger partial charge in [-0.15, -0.1) is 0 Å². The Morgan fingerprint density at radius 2 is 1.52 bits per heavy atom. The number of benzene rings is 1. The number of aromatic hydroxyl groups is 1. The first-order valence-electron chi connectivity index (χ1n) is 8.31. The number of anilines is 1. The minimum absolute atomic E-state index is 0.178. The van der Waals surface area contributed by atoms with Crippen molar-refractivity contribution in [3.63, 3.8) is 0 Å². The number of rotatable bonds is 2. The van der Waals surface area contributed by atoms with Crippen LogP contribution in [-0.4, -0.2) is 10.8 Å². The predicted molar refractivity (Wildman–Crippen MR) is 102 cm³/mol. The first kappa shape index (κ1) is 20.9. The van der Waals surface area contributed by atoms with Gasteiger partial charge in [0.05, 0.1) is 0 Å². The molecule has 1 aromatic carbocycles. The molecule has 0 spiro atoms. The maximum absolute atomic E-state index is 10.1. The van der Waals surface area contributed by atoms with Crippen molar-refractivity contribution < 1.29 is 5.11 Å². The van der Waals surface area contributed by atoms with Gasteiger partial charge in [-0.05, 0) is 31.0 Å². The molecule has 0 bridgehead atoms. The third-order valence-corrected chi connectivity index (χ3v) is 3.01. The maximum atomic E-state index is 10.1. The average Bonchev–Trinajstić information content (AvgIpc) is 2.83. The van der Waals surface area contributed by atoms with E-state index in [1.54, 1.807) is 0 Å². The lowest BCUT2D eigenvalue weighted by Crippen LogP contribution is -2.26. The summed E-state index contributed by atoms with van der Waals surface area (Å²) < 4.78 is 0. The normalized spacial score (nSPS) is 12.4. The lowest BCUT2D eigenvalue weighted by atomic mass is 10.1. The quantitative estimate of drug-likeness (QED) is 0.596. The second kappa shape index (κ2) is 11.5. The Morgan fingerprint density at radius 3 is 2.04 bits per heavy atom. The highest BCUT2D eigenvalue weighted by molar-refractivity contribution is 5.88. The van der Waals surface area contributed by atoms with Crippen LogP contribution < -0.4 is 11.0 Å². The van der Waals surface area contributed by atoms with E-state index in [0.29, 0.717) is 5.69 Å². The van der Waals surface area contributed by atoms with Gasteiger partial charge in [-0.1, -0.05) is 58.1 Å². The molecule has 0 radical (unpaired) electrons. The van der Waals surface area contributed by atoms with E-state index >= 15 is 0 Å². The van der Waals surface area contributed by atoms with Gasteiger partial charge < -0.3 is 5.11 Å². The molecule has 0 fully saturated rings. The number of nitrogens with two attached hydrogens (primary N) is 1. The Balaban J connectivity index is 0.00000112. The second-order valence-corrected chi connectivity index (χ2v) is 4.72. The Morgan fingerprint density at radius 1 is 1.00 bits per heavy atom. The average molecular weight is 317 g/mol. The van der Waals surface area contributed by atoms with Gasteiger partial charge in [0.15, 0.2) is 0 Å². The minimum atomic E-state index is 0.178. The Labute approximate surface area is 141 Å². The van der Waals surface area contributed by atoms with E-state index in [1.165, 1.54) is 5.12 Å². The molecule has 4 nitrogen and oxygen atoms in total. The minimum Gasteiger partial charge on any atom is -0.505 e. The zero-order valence-corrected chi connectivity index (χ0v) is 15.3. The van der Waals surface area contributed by atoms with Gasteiger partial charge in [-0.3, -0.25) is 0 Å². The molecule has 128 valence electrons. The van der Waals surface area contributed by atoms with Crippen LogP contribution in [0.2, 0.25) is 0 Å². The second-order valence-electron chi connectivity index (χ2n) is 4.72. The van der Waals surface area contributed by atoms with E-state index in [9.17, 15) is 5.11 Å². The predicted octanol–water partition coefficient (Wildman–Crippen LogP) is 5.00. The summed E-state index contributed by atoms with van der Waals surface area (Å²) in [6, 6.07) is 3.74. The fraction of sp³-hybridized carbons (Fsp3) is 0.421. The van der Waals surface area contributed by atoms with Crippen molar-refractivity contribution in [3.8, 4) is 5.75 Å². The zero-order valence-electron chi connectivity index (χ0n) is 15.3. The number of hydrogen-bond donors (Lipinski definition) is 2. The zero-order chi connectivity index (χ0) is 17.8. The molecular formula is C19H31N3O. The first-order chi connectivity index (χ1) is 11.1. The van der Waals surface area contributed by atoms with Crippen molar-refractivity contribution in [2.75, 3.05) is 5.12 Å². The molecule has 3 N–H and O–H groups in total. The van der Waals surface area contributed by atoms with E-state index < -0.39 is 0 Å². The molecule has 2 rings (SSSR count). The largest absolute Gasteiger partial charge is 0.505 e. The number of hydrogen-bond acceptors (Lipinski definition) is 4. The van der Waals surface area contributed by atoms with Crippen LogP contribution in [0.4, 0.5) is 5.69 Å². The fourth-order valence-electron chi connectivity index (χ4n) is 2.05. The summed E-state index contributed by atoms with van der Waals surface area (Å²) in [4.78, 5) is 0. The molecule has 0 saturated carbocycles. The van der Waals surface area contributed by atoms with E-state index in [1.807, 2.05) is 78.0 Å². The van der Waals surface area contributed by atoms with Crippen molar-refractivity contribution in [1.29, 1.82) is 0 Å². The Kier molecular flexibility index (Phi) is 10.5. The summed E-state index contributed by atoms with van der Waals surface area (Å²) in [5.41, 5.74) is 3.33. The molecule has 1 aromatic rings. The topological polar surface area (TPSA) is 61.8 Å². The molecule has 0 amide bonds. The van der Waals surface area contributed by atoms with Crippen molar-refractivity contribution in [2.45, 2.75) is 54.4 Å². The number of hydrazone groups is 1. The third-order valence-electron chi connectivity index (χ3n) is 3.01. The summed E-state index contributed by atoms with van der Waals surface area (Å²) in [6.45, 7) is 11.8. The van der Waals surface area contributed by atoms with Gasteiger partial charge >= 0.3 is 0 Å². The van der Waals surface area contributed by atoms with E-state index in [-0.39, 0.29) is 5.75 Å². The third kappa shape index (κ3) is 6.70. The number of aryl methyl sites for hydroxylation is 2. The van der Waals surface area contributed by atoms with Crippen LogP contribution in [0.15, 0.2) is 41.5 Å². The van der Waals surface area contributed by atoms with E-state index in [0.717, 1.165) is 29.7 Å². The smallest absolute Gasteiger partial charge is 0.145 e. The van der Waals surface area contributed by atoms with Crippen molar-refractivity contribution >= 4 is 11.4 Å². The maximum Gasteiger partial charge on any atom is 0.145 e. The number of phenols is 1. The van der Waals surface area contributed by atoms with Gasteiger partial charge in [0, 0.05) is 18.6 Å². The molecule has 1 aliphatic rings. The number of hydrazine groups is 1. The van der Waals surface area contributed by atoms with Crippen molar-refractivity contribution in [2.24, 2.45) is 10.9 Å². The van der Waals surface area contributed by atoms with Crippen LogP contribution in [0, 0.1) is 13.8 Å². The van der Waals surface area contributed by atoms with Crippen molar-refractivity contribution in [1.82, 2.24) is 0 Å². The standard InChI is InChI=1S/C15H19N3O.2C2H6/c1-11-9-12(2)15(19)14(10-11)18(16)17-13-7-5-3-4-6-8-13;2*1-2/h3-6,9-10,19H,7-8,16H2,1-2H3;2*1-2H3. The van der Waals surface area contributed by atoms with Gasteiger partial charge in [0.25, 0.3) is 0 Å². The van der Waals surface area contributed by atoms with Gasteiger partial charge in [-0.25, -0.2) is 5.84 Å². The number of nitrogens with zero attached hydrogens (tertiary/aromatic N) is 2. The monoisotopic (exact) mass is 317 g/mol. The summed E-state index contributed by atoms with van der Waals surface area (Å²) in [7, 11) is 0. The Bertz CT molecular complexity index is 544. The fourth-order valence-corrected chi connectivity index (χ4v) is 2.05. The van der Waals surface area contributed by atoms with Crippen LogP contribution in [0.1, 0.15) is 51.7 Å². The van der Waals surface area contributed by atoms with E-state index in [2.05, 4.69) is 5.10 Å². The molecule has 1 aliphatic carbocycles. The van der Waals surface area contributed by atoms with Crippen LogP contribution >= 0.6 is 0 Å². The molecule has 0 heterocycles. The SMILES string of the molecule is CC.CC.Cc1cc(C)c(O)c(N(N)N=C2CC=CC=CC2)c1. The highest BCUT2D eigenvalue weighted by Crippen LogP contribution is 2.30. The first-order valence-corrected chi connectivity index (χ1v) is 8.31. The number of allylic oxidation sites excluding steroid dienone is 4. The van der Waals surface area contributed by atoms with Gasteiger partial charge in [0.2, 0.25) is 0 Å². The summed E-state index contributed by atoms with van der Waals surface area (Å²) in [6.07, 6.45) is 9.61. The molecule has 4 heteroatoms. The molecular weight excluding hydrogens is 286 g/mol. The summed E-state index contributed by atoms with van der Waals surface area (Å²) in [5, 5.41) is 15.7. The highest BCUT2D eigenvalue weighted by atomic mass is 16.3. The number of phenolic OH excluding ortho intramolecular Hbond substituents is 1. The van der Waals surface area contributed by atoms with Crippen LogP contribution in [0.5, 0.6) is 5.75 Å². The molecule has 0 aromatic heterocycles. The highest BCUT2D eigenvalue weighted by Gasteiger charge is 2.11. The molecule has 0 saturated heterocycles.